The Morgan fingerprint density at radius 2 is 2.07 bits per heavy atom. The molecule has 0 aromatic heterocycles. The Morgan fingerprint density at radius 1 is 1.29 bits per heavy atom. The molecule has 1 aliphatic carbocycles. The van der Waals surface area contributed by atoms with E-state index in [1.54, 1.807) is 7.11 Å². The van der Waals surface area contributed by atoms with Gasteiger partial charge in [0.1, 0.15) is 6.79 Å². The van der Waals surface area contributed by atoms with E-state index in [0.717, 1.165) is 13.0 Å². The molecule has 0 amide bonds. The average Bonchev–Trinajstić information content (AvgIpc) is 2.19. The van der Waals surface area contributed by atoms with E-state index in [-0.39, 0.29) is 0 Å². The number of methoxy groups -OCH3 is 1. The first-order valence-electron chi connectivity index (χ1n) is 5.54. The van der Waals surface area contributed by atoms with Gasteiger partial charge in [-0.25, -0.2) is 0 Å². The second kappa shape index (κ2) is 7.21. The van der Waals surface area contributed by atoms with Crippen LogP contribution in [-0.2, 0) is 9.47 Å². The summed E-state index contributed by atoms with van der Waals surface area (Å²) in [5.74, 6) is 1.39. The molecule has 1 N–H and O–H groups in total. The lowest BCUT2D eigenvalue weighted by Gasteiger charge is -2.28. The van der Waals surface area contributed by atoms with Gasteiger partial charge < -0.3 is 14.6 Å². The molecular weight excluding hydrogens is 180 g/mol. The van der Waals surface area contributed by atoms with E-state index in [4.69, 9.17) is 14.6 Å². The monoisotopic (exact) mass is 202 g/mol. The molecule has 3 nitrogen and oxygen atoms in total. The van der Waals surface area contributed by atoms with Crippen molar-refractivity contribution >= 4 is 0 Å². The second-order valence-electron chi connectivity index (χ2n) is 4.19. The first-order valence-corrected chi connectivity index (χ1v) is 5.54. The number of aliphatic hydroxyl groups excluding tert-OH is 1. The zero-order valence-electron chi connectivity index (χ0n) is 9.08. The Hall–Kier alpha value is -0.120. The zero-order valence-corrected chi connectivity index (χ0v) is 9.08. The lowest BCUT2D eigenvalue weighted by Crippen LogP contribution is -2.21. The predicted molar refractivity (Wildman–Crippen MR) is 55.0 cm³/mol. The fraction of sp³-hybridized carbons (Fsp3) is 1.00. The van der Waals surface area contributed by atoms with Gasteiger partial charge in [-0.05, 0) is 31.1 Å². The van der Waals surface area contributed by atoms with Crippen molar-refractivity contribution in [2.24, 2.45) is 11.8 Å². The van der Waals surface area contributed by atoms with Gasteiger partial charge in [-0.2, -0.15) is 0 Å². The Labute approximate surface area is 86.4 Å². The van der Waals surface area contributed by atoms with Gasteiger partial charge in [0.25, 0.3) is 0 Å². The summed E-state index contributed by atoms with van der Waals surface area (Å²) >= 11 is 0. The van der Waals surface area contributed by atoms with Gasteiger partial charge >= 0.3 is 0 Å². The quantitative estimate of drug-likeness (QED) is 0.527. The van der Waals surface area contributed by atoms with E-state index >= 15 is 0 Å². The van der Waals surface area contributed by atoms with Crippen LogP contribution in [-0.4, -0.2) is 32.2 Å². The summed E-state index contributed by atoms with van der Waals surface area (Å²) in [5.41, 5.74) is 0. The van der Waals surface area contributed by atoms with Gasteiger partial charge in [-0.1, -0.05) is 12.8 Å². The molecule has 14 heavy (non-hydrogen) atoms. The molecular formula is C11H22O3. The van der Waals surface area contributed by atoms with Crippen LogP contribution in [0.5, 0.6) is 0 Å². The van der Waals surface area contributed by atoms with Crippen molar-refractivity contribution in [2.45, 2.75) is 32.1 Å². The van der Waals surface area contributed by atoms with Crippen LogP contribution in [0.4, 0.5) is 0 Å². The average molecular weight is 202 g/mol. The SMILES string of the molecule is COCOC[C@@H]1CCC[C@H](CCO)C1. The maximum Gasteiger partial charge on any atom is 0.146 e. The van der Waals surface area contributed by atoms with E-state index in [2.05, 4.69) is 0 Å². The molecule has 3 heteroatoms. The smallest absolute Gasteiger partial charge is 0.146 e. The summed E-state index contributed by atoms with van der Waals surface area (Å²) < 4.78 is 10.2. The highest BCUT2D eigenvalue weighted by Gasteiger charge is 2.21. The molecule has 0 saturated heterocycles. The van der Waals surface area contributed by atoms with Gasteiger partial charge in [0.15, 0.2) is 0 Å². The van der Waals surface area contributed by atoms with E-state index < -0.39 is 0 Å². The van der Waals surface area contributed by atoms with Crippen molar-refractivity contribution in [3.63, 3.8) is 0 Å². The van der Waals surface area contributed by atoms with Crippen LogP contribution in [0.3, 0.4) is 0 Å². The third-order valence-electron chi connectivity index (χ3n) is 2.98. The normalized spacial score (nSPS) is 27.9. The van der Waals surface area contributed by atoms with Crippen molar-refractivity contribution in [1.29, 1.82) is 0 Å². The molecule has 1 rings (SSSR count). The molecule has 0 radical (unpaired) electrons. The maximum atomic E-state index is 8.87. The van der Waals surface area contributed by atoms with E-state index in [1.165, 1.54) is 25.7 Å². The third-order valence-corrected chi connectivity index (χ3v) is 2.98. The molecule has 1 aliphatic rings. The topological polar surface area (TPSA) is 38.7 Å². The molecule has 84 valence electrons. The summed E-state index contributed by atoms with van der Waals surface area (Å²) in [6.07, 6.45) is 6.00. The fourth-order valence-electron chi connectivity index (χ4n) is 2.30. The molecule has 0 aliphatic heterocycles. The summed E-state index contributed by atoms with van der Waals surface area (Å²) in [6, 6.07) is 0. The minimum Gasteiger partial charge on any atom is -0.396 e. The lowest BCUT2D eigenvalue weighted by molar-refractivity contribution is -0.0499. The number of aliphatic hydroxyl groups is 1. The molecule has 0 aromatic carbocycles. The largest absolute Gasteiger partial charge is 0.396 e. The highest BCUT2D eigenvalue weighted by atomic mass is 16.7. The van der Waals surface area contributed by atoms with Crippen LogP contribution in [0.25, 0.3) is 0 Å². The van der Waals surface area contributed by atoms with Crippen LogP contribution in [0.1, 0.15) is 32.1 Å². The molecule has 0 aromatic rings. The summed E-state index contributed by atoms with van der Waals surface area (Å²) in [5, 5.41) is 8.87. The molecule has 1 fully saturated rings. The van der Waals surface area contributed by atoms with Gasteiger partial charge in [-0.15, -0.1) is 0 Å². The Morgan fingerprint density at radius 3 is 2.79 bits per heavy atom. The highest BCUT2D eigenvalue weighted by Crippen LogP contribution is 2.30. The van der Waals surface area contributed by atoms with E-state index in [9.17, 15) is 0 Å². The Kier molecular flexibility index (Phi) is 6.15. The van der Waals surface area contributed by atoms with Crippen molar-refractivity contribution in [2.75, 3.05) is 27.1 Å². The van der Waals surface area contributed by atoms with Crippen LogP contribution < -0.4 is 0 Å². The number of hydrogen-bond donors (Lipinski definition) is 1. The number of hydrogen-bond acceptors (Lipinski definition) is 3. The molecule has 1 saturated carbocycles. The summed E-state index contributed by atoms with van der Waals surface area (Å²) in [4.78, 5) is 0. The Balaban J connectivity index is 2.12. The van der Waals surface area contributed by atoms with E-state index in [1.807, 2.05) is 0 Å². The van der Waals surface area contributed by atoms with E-state index in [0.29, 0.717) is 25.2 Å². The predicted octanol–water partition coefficient (Wildman–Crippen LogP) is 1.80. The number of ether oxygens (including phenoxy) is 2. The van der Waals surface area contributed by atoms with Crippen molar-refractivity contribution < 1.29 is 14.6 Å². The van der Waals surface area contributed by atoms with Gasteiger partial charge in [-0.3, -0.25) is 0 Å². The summed E-state index contributed by atoms with van der Waals surface area (Å²) in [7, 11) is 1.65. The molecule has 0 heterocycles. The second-order valence-corrected chi connectivity index (χ2v) is 4.19. The molecule has 0 bridgehead atoms. The minimum atomic E-state index is 0.330. The van der Waals surface area contributed by atoms with Crippen molar-refractivity contribution in [3.8, 4) is 0 Å². The highest BCUT2D eigenvalue weighted by molar-refractivity contribution is 4.72. The first kappa shape index (κ1) is 12.0. The van der Waals surface area contributed by atoms with Crippen LogP contribution in [0.2, 0.25) is 0 Å². The van der Waals surface area contributed by atoms with Crippen molar-refractivity contribution in [1.82, 2.24) is 0 Å². The summed E-state index contributed by atoms with van der Waals surface area (Å²) in [6.45, 7) is 1.55. The Bertz CT molecular complexity index is 136. The van der Waals surface area contributed by atoms with Crippen LogP contribution in [0, 0.1) is 11.8 Å². The zero-order chi connectivity index (χ0) is 10.2. The first-order chi connectivity index (χ1) is 6.86. The fourth-order valence-corrected chi connectivity index (χ4v) is 2.30. The van der Waals surface area contributed by atoms with Gasteiger partial charge in [0.05, 0.1) is 6.61 Å². The van der Waals surface area contributed by atoms with Crippen molar-refractivity contribution in [3.05, 3.63) is 0 Å². The molecule has 0 unspecified atom stereocenters. The third kappa shape index (κ3) is 4.40. The molecule has 0 spiro atoms. The molecule has 2 atom stereocenters. The minimum absolute atomic E-state index is 0.330. The maximum absolute atomic E-state index is 8.87. The number of rotatable bonds is 6. The standard InChI is InChI=1S/C11H22O3/c1-13-9-14-8-11-4-2-3-10(7-11)5-6-12/h10-12H,2-9H2,1H3/t10-,11-/m1/s1. The van der Waals surface area contributed by atoms with Crippen LogP contribution in [0.15, 0.2) is 0 Å². The van der Waals surface area contributed by atoms with Crippen LogP contribution >= 0.6 is 0 Å². The lowest BCUT2D eigenvalue weighted by atomic mass is 9.80. The van der Waals surface area contributed by atoms with Gasteiger partial charge in [0, 0.05) is 13.7 Å². The van der Waals surface area contributed by atoms with Gasteiger partial charge in [0.2, 0.25) is 0 Å².